The number of methoxy groups -OCH3 is 1. The molecule has 21 heavy (non-hydrogen) atoms. The van der Waals surface area contributed by atoms with Crippen molar-refractivity contribution in [3.63, 3.8) is 0 Å². The Morgan fingerprint density at radius 3 is 2.62 bits per heavy atom. The Bertz CT molecular complexity index is 754. The molecule has 0 aliphatic carbocycles. The van der Waals surface area contributed by atoms with Crippen molar-refractivity contribution < 1.29 is 9.47 Å². The minimum absolute atomic E-state index is 0.0427. The number of aromatic nitrogens is 2. The third-order valence-electron chi connectivity index (χ3n) is 2.94. The van der Waals surface area contributed by atoms with E-state index in [-0.39, 0.29) is 6.10 Å². The maximum Gasteiger partial charge on any atom is 0.242 e. The second-order valence-electron chi connectivity index (χ2n) is 4.88. The Labute approximate surface area is 127 Å². The van der Waals surface area contributed by atoms with Gasteiger partial charge in [0.25, 0.3) is 0 Å². The molecule has 0 N–H and O–H groups in total. The van der Waals surface area contributed by atoms with Gasteiger partial charge in [-0.2, -0.15) is 0 Å². The highest BCUT2D eigenvalue weighted by atomic mass is 32.1. The number of fused-ring (bicyclic) bond motifs is 1. The van der Waals surface area contributed by atoms with Gasteiger partial charge in [0.2, 0.25) is 5.88 Å². The van der Waals surface area contributed by atoms with E-state index in [4.69, 9.17) is 14.5 Å². The van der Waals surface area contributed by atoms with Crippen LogP contribution in [0.2, 0.25) is 0 Å². The molecule has 3 rings (SSSR count). The molecule has 108 valence electrons. The summed E-state index contributed by atoms with van der Waals surface area (Å²) in [5, 5.41) is 2.02. The molecule has 0 radical (unpaired) electrons. The molecule has 0 aliphatic heterocycles. The van der Waals surface area contributed by atoms with Crippen molar-refractivity contribution in [2.75, 3.05) is 7.11 Å². The molecule has 2 heterocycles. The topological polar surface area (TPSA) is 44.2 Å². The van der Waals surface area contributed by atoms with E-state index in [2.05, 4.69) is 4.98 Å². The van der Waals surface area contributed by atoms with Gasteiger partial charge in [0, 0.05) is 6.07 Å². The summed E-state index contributed by atoms with van der Waals surface area (Å²) in [5.74, 6) is 1.32. The lowest BCUT2D eigenvalue weighted by Gasteiger charge is -2.13. The summed E-state index contributed by atoms with van der Waals surface area (Å²) < 4.78 is 11.1. The highest BCUT2D eigenvalue weighted by molar-refractivity contribution is 7.13. The van der Waals surface area contributed by atoms with Gasteiger partial charge in [0.15, 0.2) is 0 Å². The molecule has 0 atom stereocenters. The highest BCUT2D eigenvalue weighted by Gasteiger charge is 2.15. The van der Waals surface area contributed by atoms with Gasteiger partial charge in [-0.25, -0.2) is 9.97 Å². The van der Waals surface area contributed by atoms with E-state index >= 15 is 0 Å². The number of benzene rings is 1. The Balaban J connectivity index is 2.19. The van der Waals surface area contributed by atoms with Gasteiger partial charge in [-0.1, -0.05) is 6.07 Å². The lowest BCUT2D eigenvalue weighted by Crippen LogP contribution is -2.09. The van der Waals surface area contributed by atoms with Gasteiger partial charge in [0.1, 0.15) is 11.4 Å². The number of rotatable bonds is 4. The van der Waals surface area contributed by atoms with E-state index in [1.165, 1.54) is 0 Å². The SMILES string of the molecule is COc1ccc2nc(-c3cccs3)c(OC(C)C)nc2c1. The van der Waals surface area contributed by atoms with Crippen LogP contribution in [0.4, 0.5) is 0 Å². The maximum atomic E-state index is 5.84. The minimum atomic E-state index is 0.0427. The Morgan fingerprint density at radius 2 is 1.95 bits per heavy atom. The largest absolute Gasteiger partial charge is 0.497 e. The molecule has 4 nitrogen and oxygen atoms in total. The first-order valence-corrected chi connectivity index (χ1v) is 7.61. The molecule has 0 amide bonds. The summed E-state index contributed by atoms with van der Waals surface area (Å²) in [6.45, 7) is 3.96. The first-order chi connectivity index (χ1) is 10.2. The van der Waals surface area contributed by atoms with E-state index in [0.717, 1.165) is 27.4 Å². The number of ether oxygens (including phenoxy) is 2. The van der Waals surface area contributed by atoms with Crippen LogP contribution < -0.4 is 9.47 Å². The first kappa shape index (κ1) is 13.8. The van der Waals surface area contributed by atoms with E-state index in [9.17, 15) is 0 Å². The van der Waals surface area contributed by atoms with Gasteiger partial charge in [-0.3, -0.25) is 0 Å². The lowest BCUT2D eigenvalue weighted by molar-refractivity contribution is 0.234. The second kappa shape index (κ2) is 5.69. The van der Waals surface area contributed by atoms with E-state index in [1.807, 2.05) is 49.6 Å². The average Bonchev–Trinajstić information content (AvgIpc) is 2.99. The van der Waals surface area contributed by atoms with Crippen LogP contribution in [0.25, 0.3) is 21.6 Å². The Morgan fingerprint density at radius 1 is 1.10 bits per heavy atom. The van der Waals surface area contributed by atoms with Crippen molar-refractivity contribution in [3.8, 4) is 22.2 Å². The molecule has 0 saturated heterocycles. The van der Waals surface area contributed by atoms with Gasteiger partial charge < -0.3 is 9.47 Å². The molecule has 1 aromatic carbocycles. The summed E-state index contributed by atoms with van der Waals surface area (Å²) in [5.41, 5.74) is 2.39. The van der Waals surface area contributed by atoms with Crippen molar-refractivity contribution in [2.45, 2.75) is 20.0 Å². The van der Waals surface area contributed by atoms with Crippen LogP contribution in [0.15, 0.2) is 35.7 Å². The zero-order valence-corrected chi connectivity index (χ0v) is 13.0. The van der Waals surface area contributed by atoms with Gasteiger partial charge in [-0.15, -0.1) is 11.3 Å². The van der Waals surface area contributed by atoms with Crippen LogP contribution in [-0.2, 0) is 0 Å². The summed E-state index contributed by atoms with van der Waals surface area (Å²) >= 11 is 1.63. The summed E-state index contributed by atoms with van der Waals surface area (Å²) in [7, 11) is 1.64. The minimum Gasteiger partial charge on any atom is -0.497 e. The van der Waals surface area contributed by atoms with Crippen molar-refractivity contribution in [2.24, 2.45) is 0 Å². The quantitative estimate of drug-likeness (QED) is 0.726. The standard InChI is InChI=1S/C16H16N2O2S/c1-10(2)20-16-15(14-5-4-8-21-14)17-12-7-6-11(19-3)9-13(12)18-16/h4-10H,1-3H3. The van der Waals surface area contributed by atoms with Gasteiger partial charge >= 0.3 is 0 Å². The van der Waals surface area contributed by atoms with Crippen molar-refractivity contribution >= 4 is 22.4 Å². The van der Waals surface area contributed by atoms with Crippen LogP contribution >= 0.6 is 11.3 Å². The fourth-order valence-electron chi connectivity index (χ4n) is 2.02. The number of thiophene rings is 1. The molecule has 0 bridgehead atoms. The Hall–Kier alpha value is -2.14. The fraction of sp³-hybridized carbons (Fsp3) is 0.250. The van der Waals surface area contributed by atoms with Gasteiger partial charge in [-0.05, 0) is 37.4 Å². The second-order valence-corrected chi connectivity index (χ2v) is 5.82. The zero-order chi connectivity index (χ0) is 14.8. The molecular weight excluding hydrogens is 284 g/mol. The summed E-state index contributed by atoms with van der Waals surface area (Å²) in [6.07, 6.45) is 0.0427. The van der Waals surface area contributed by atoms with Crippen LogP contribution in [0.5, 0.6) is 11.6 Å². The van der Waals surface area contributed by atoms with Crippen LogP contribution in [0.3, 0.4) is 0 Å². The zero-order valence-electron chi connectivity index (χ0n) is 12.2. The molecule has 0 aliphatic rings. The van der Waals surface area contributed by atoms with Crippen LogP contribution in [0.1, 0.15) is 13.8 Å². The van der Waals surface area contributed by atoms with E-state index in [0.29, 0.717) is 5.88 Å². The summed E-state index contributed by atoms with van der Waals surface area (Å²) in [6, 6.07) is 9.69. The normalized spacial score (nSPS) is 11.0. The molecule has 5 heteroatoms. The molecule has 0 saturated carbocycles. The van der Waals surface area contributed by atoms with Crippen molar-refractivity contribution in [1.82, 2.24) is 9.97 Å². The van der Waals surface area contributed by atoms with Crippen LogP contribution in [0, 0.1) is 0 Å². The Kier molecular flexibility index (Phi) is 3.75. The number of hydrogen-bond donors (Lipinski definition) is 0. The molecular formula is C16H16N2O2S. The fourth-order valence-corrected chi connectivity index (χ4v) is 2.73. The molecule has 2 aromatic heterocycles. The maximum absolute atomic E-state index is 5.84. The molecule has 0 spiro atoms. The molecule has 0 unspecified atom stereocenters. The third kappa shape index (κ3) is 2.83. The van der Waals surface area contributed by atoms with Gasteiger partial charge in [0.05, 0.1) is 29.1 Å². The first-order valence-electron chi connectivity index (χ1n) is 6.73. The summed E-state index contributed by atoms with van der Waals surface area (Å²) in [4.78, 5) is 10.4. The van der Waals surface area contributed by atoms with E-state index in [1.54, 1.807) is 18.4 Å². The lowest BCUT2D eigenvalue weighted by atomic mass is 10.2. The monoisotopic (exact) mass is 300 g/mol. The van der Waals surface area contributed by atoms with Crippen molar-refractivity contribution in [3.05, 3.63) is 35.7 Å². The number of nitrogens with zero attached hydrogens (tertiary/aromatic N) is 2. The highest BCUT2D eigenvalue weighted by Crippen LogP contribution is 2.33. The predicted molar refractivity (Wildman–Crippen MR) is 85.2 cm³/mol. The van der Waals surface area contributed by atoms with Crippen molar-refractivity contribution in [1.29, 1.82) is 0 Å². The smallest absolute Gasteiger partial charge is 0.242 e. The van der Waals surface area contributed by atoms with E-state index < -0.39 is 0 Å². The predicted octanol–water partition coefficient (Wildman–Crippen LogP) is 4.15. The van der Waals surface area contributed by atoms with Crippen LogP contribution in [-0.4, -0.2) is 23.2 Å². The number of hydrogen-bond acceptors (Lipinski definition) is 5. The third-order valence-corrected chi connectivity index (χ3v) is 3.82. The average molecular weight is 300 g/mol. The molecule has 3 aromatic rings. The molecule has 0 fully saturated rings.